The van der Waals surface area contributed by atoms with Crippen molar-refractivity contribution in [3.8, 4) is 0 Å². The Morgan fingerprint density at radius 1 is 0.943 bits per heavy atom. The number of ether oxygens (including phenoxy) is 2. The largest absolute Gasteiger partial charge is 0.444 e. The molecule has 3 aromatic rings. The maximum Gasteiger partial charge on any atom is 0.411 e. The highest BCUT2D eigenvalue weighted by atomic mass is 16.5. The molecule has 1 saturated carbocycles. The van der Waals surface area contributed by atoms with Gasteiger partial charge >= 0.3 is 6.09 Å². The molecule has 1 unspecified atom stereocenters. The standard InChI is InChI=1S/C27H28N4O4/c28-23-3-1-2-4-24(23)31-26(32)19-9-11-20(12-10-19)30-27(33)35-14-17-5-7-18(8-6-17)22-13-25(22)29-21-15-34-16-21/h1-12,21-22,25,29H,13-16,28H2,(H,30,33)(H,31,32)/t22?,25-/m0/s1. The van der Waals surface area contributed by atoms with Crippen molar-refractivity contribution in [2.75, 3.05) is 29.6 Å². The number of nitrogen functional groups attached to an aromatic ring is 1. The molecule has 0 aromatic heterocycles. The van der Waals surface area contributed by atoms with Crippen LogP contribution in [-0.2, 0) is 16.1 Å². The SMILES string of the molecule is Nc1ccccc1NC(=O)c1ccc(NC(=O)OCc2ccc(C3C[C@@H]3NC3COC3)cc2)cc1. The molecule has 2 aliphatic rings. The third-order valence-electron chi connectivity index (χ3n) is 6.26. The van der Waals surface area contributed by atoms with Crippen LogP contribution in [-0.4, -0.2) is 37.3 Å². The smallest absolute Gasteiger partial charge is 0.411 e. The van der Waals surface area contributed by atoms with E-state index in [9.17, 15) is 9.59 Å². The molecular formula is C27H28N4O4. The van der Waals surface area contributed by atoms with E-state index >= 15 is 0 Å². The quantitative estimate of drug-likeness (QED) is 0.367. The Morgan fingerprint density at radius 2 is 1.69 bits per heavy atom. The van der Waals surface area contributed by atoms with Crippen molar-refractivity contribution in [2.45, 2.75) is 31.0 Å². The van der Waals surface area contributed by atoms with Crippen LogP contribution in [0.15, 0.2) is 72.8 Å². The van der Waals surface area contributed by atoms with Crippen LogP contribution in [0.25, 0.3) is 0 Å². The molecule has 2 fully saturated rings. The number of anilines is 3. The summed E-state index contributed by atoms with van der Waals surface area (Å²) in [6, 6.07) is 22.8. The van der Waals surface area contributed by atoms with E-state index in [1.165, 1.54) is 5.56 Å². The van der Waals surface area contributed by atoms with Crippen molar-refractivity contribution >= 4 is 29.1 Å². The van der Waals surface area contributed by atoms with Crippen molar-refractivity contribution in [3.05, 3.63) is 89.5 Å². The average Bonchev–Trinajstić information content (AvgIpc) is 3.62. The van der Waals surface area contributed by atoms with Crippen LogP contribution < -0.4 is 21.7 Å². The second kappa shape index (κ2) is 10.2. The first-order valence-corrected chi connectivity index (χ1v) is 11.7. The van der Waals surface area contributed by atoms with E-state index in [0.29, 0.717) is 40.6 Å². The Balaban J connectivity index is 1.06. The molecule has 1 aliphatic carbocycles. The monoisotopic (exact) mass is 472 g/mol. The number of rotatable bonds is 8. The summed E-state index contributed by atoms with van der Waals surface area (Å²) >= 11 is 0. The van der Waals surface area contributed by atoms with Gasteiger partial charge in [0.05, 0.1) is 30.6 Å². The minimum absolute atomic E-state index is 0.177. The van der Waals surface area contributed by atoms with E-state index in [1.807, 2.05) is 12.1 Å². The number of nitrogens with two attached hydrogens (primary N) is 1. The fourth-order valence-electron chi connectivity index (χ4n) is 4.06. The third-order valence-corrected chi connectivity index (χ3v) is 6.26. The molecule has 2 atom stereocenters. The van der Waals surface area contributed by atoms with E-state index in [-0.39, 0.29) is 12.5 Å². The molecule has 8 heteroatoms. The van der Waals surface area contributed by atoms with E-state index in [2.05, 4.69) is 28.1 Å². The van der Waals surface area contributed by atoms with Crippen LogP contribution in [0.2, 0.25) is 0 Å². The van der Waals surface area contributed by atoms with Gasteiger partial charge in [0.2, 0.25) is 0 Å². The molecule has 8 nitrogen and oxygen atoms in total. The molecule has 0 spiro atoms. The normalized spacial score (nSPS) is 18.9. The third kappa shape index (κ3) is 5.79. The minimum Gasteiger partial charge on any atom is -0.444 e. The molecule has 180 valence electrons. The predicted octanol–water partition coefficient (Wildman–Crippen LogP) is 4.11. The highest BCUT2D eigenvalue weighted by molar-refractivity contribution is 6.06. The van der Waals surface area contributed by atoms with E-state index in [0.717, 1.165) is 25.2 Å². The summed E-state index contributed by atoms with van der Waals surface area (Å²) in [4.78, 5) is 24.6. The number of nitrogens with one attached hydrogen (secondary N) is 3. The van der Waals surface area contributed by atoms with Gasteiger partial charge in [-0.1, -0.05) is 36.4 Å². The first-order valence-electron chi connectivity index (χ1n) is 11.7. The number of hydrogen-bond acceptors (Lipinski definition) is 6. The minimum atomic E-state index is -0.558. The summed E-state index contributed by atoms with van der Waals surface area (Å²) < 4.78 is 10.6. The van der Waals surface area contributed by atoms with Gasteiger partial charge in [0.15, 0.2) is 0 Å². The number of para-hydroxylation sites is 2. The highest BCUT2D eigenvalue weighted by Crippen LogP contribution is 2.41. The first kappa shape index (κ1) is 22.9. The first-order chi connectivity index (χ1) is 17.0. The summed E-state index contributed by atoms with van der Waals surface area (Å²) in [5, 5.41) is 9.06. The fraction of sp³-hybridized carbons (Fsp3) is 0.259. The van der Waals surface area contributed by atoms with Crippen LogP contribution in [0.4, 0.5) is 21.9 Å². The number of carbonyl (C=O) groups is 2. The zero-order valence-electron chi connectivity index (χ0n) is 19.2. The van der Waals surface area contributed by atoms with Gasteiger partial charge in [-0.3, -0.25) is 10.1 Å². The topological polar surface area (TPSA) is 115 Å². The van der Waals surface area contributed by atoms with Gasteiger partial charge in [-0.05, 0) is 53.9 Å². The summed E-state index contributed by atoms with van der Waals surface area (Å²) in [5.41, 5.74) is 10.1. The van der Waals surface area contributed by atoms with Gasteiger partial charge in [-0.2, -0.15) is 0 Å². The molecule has 1 saturated heterocycles. The molecule has 2 amide bonds. The molecule has 3 aromatic carbocycles. The lowest BCUT2D eigenvalue weighted by atomic mass is 10.1. The second-order valence-electron chi connectivity index (χ2n) is 8.91. The number of carbonyl (C=O) groups excluding carboxylic acids is 2. The van der Waals surface area contributed by atoms with Gasteiger partial charge < -0.3 is 25.8 Å². The number of amides is 2. The molecule has 35 heavy (non-hydrogen) atoms. The van der Waals surface area contributed by atoms with E-state index < -0.39 is 6.09 Å². The second-order valence-corrected chi connectivity index (χ2v) is 8.91. The Labute approximate surface area is 203 Å². The number of benzene rings is 3. The molecule has 1 aliphatic heterocycles. The van der Waals surface area contributed by atoms with Gasteiger partial charge in [0, 0.05) is 23.2 Å². The summed E-state index contributed by atoms with van der Waals surface area (Å²) in [6.45, 7) is 1.80. The van der Waals surface area contributed by atoms with Crippen molar-refractivity contribution < 1.29 is 19.1 Å². The van der Waals surface area contributed by atoms with Gasteiger partial charge in [0.25, 0.3) is 5.91 Å². The van der Waals surface area contributed by atoms with E-state index in [1.54, 1.807) is 48.5 Å². The van der Waals surface area contributed by atoms with Crippen LogP contribution in [0.5, 0.6) is 0 Å². The van der Waals surface area contributed by atoms with E-state index in [4.69, 9.17) is 15.2 Å². The summed E-state index contributed by atoms with van der Waals surface area (Å²) in [5.74, 6) is 0.259. The Morgan fingerprint density at radius 3 is 2.37 bits per heavy atom. The van der Waals surface area contributed by atoms with Crippen molar-refractivity contribution in [1.82, 2.24) is 5.32 Å². The lowest BCUT2D eigenvalue weighted by molar-refractivity contribution is -0.00603. The van der Waals surface area contributed by atoms with Crippen molar-refractivity contribution in [2.24, 2.45) is 0 Å². The van der Waals surface area contributed by atoms with Crippen LogP contribution >= 0.6 is 0 Å². The highest BCUT2D eigenvalue weighted by Gasteiger charge is 2.40. The Kier molecular flexibility index (Phi) is 6.65. The fourth-order valence-corrected chi connectivity index (χ4v) is 4.06. The van der Waals surface area contributed by atoms with Gasteiger partial charge in [0.1, 0.15) is 6.61 Å². The molecule has 5 rings (SSSR count). The maximum atomic E-state index is 12.4. The predicted molar refractivity (Wildman–Crippen MR) is 134 cm³/mol. The molecule has 0 radical (unpaired) electrons. The van der Waals surface area contributed by atoms with Gasteiger partial charge in [-0.15, -0.1) is 0 Å². The van der Waals surface area contributed by atoms with Crippen molar-refractivity contribution in [1.29, 1.82) is 0 Å². The summed E-state index contributed by atoms with van der Waals surface area (Å²) in [7, 11) is 0. The van der Waals surface area contributed by atoms with Crippen molar-refractivity contribution in [3.63, 3.8) is 0 Å². The zero-order valence-corrected chi connectivity index (χ0v) is 19.2. The number of hydrogen-bond donors (Lipinski definition) is 4. The Hall–Kier alpha value is -3.88. The van der Waals surface area contributed by atoms with Crippen LogP contribution in [0, 0.1) is 0 Å². The molecule has 1 heterocycles. The zero-order chi connectivity index (χ0) is 24.2. The molecule has 5 N–H and O–H groups in total. The van der Waals surface area contributed by atoms with Crippen LogP contribution in [0.3, 0.4) is 0 Å². The lowest BCUT2D eigenvalue weighted by Crippen LogP contribution is -2.47. The maximum absolute atomic E-state index is 12.4. The molecule has 0 bridgehead atoms. The van der Waals surface area contributed by atoms with Crippen LogP contribution in [0.1, 0.15) is 33.8 Å². The Bertz CT molecular complexity index is 1190. The van der Waals surface area contributed by atoms with Gasteiger partial charge in [-0.25, -0.2) is 4.79 Å². The average molecular weight is 473 g/mol. The molecular weight excluding hydrogens is 444 g/mol. The lowest BCUT2D eigenvalue weighted by Gasteiger charge is -2.27. The summed E-state index contributed by atoms with van der Waals surface area (Å²) in [6.07, 6.45) is 0.590.